The highest BCUT2D eigenvalue weighted by Crippen LogP contribution is 2.42. The minimum Gasteiger partial charge on any atom is -0.474 e. The van der Waals surface area contributed by atoms with Gasteiger partial charge < -0.3 is 80.8 Å². The Bertz CT molecular complexity index is 7390. The largest absolute Gasteiger partial charge is 0.474 e. The second kappa shape index (κ2) is 47.7. The topological polar surface area (TPSA) is 753 Å². The molecule has 7 aliphatic rings. The Morgan fingerprint density at radius 2 is 0.980 bits per heavy atom. The predicted octanol–water partition coefficient (Wildman–Crippen LogP) is 5.03. The molecule has 790 valence electrons. The van der Waals surface area contributed by atoms with Gasteiger partial charge in [0.05, 0.1) is 99.7 Å². The summed E-state index contributed by atoms with van der Waals surface area (Å²) in [6, 6.07) is 43.5. The Hall–Kier alpha value is -12.3. The van der Waals surface area contributed by atoms with E-state index in [-0.39, 0.29) is 105 Å². The molecule has 0 saturated heterocycles. The van der Waals surface area contributed by atoms with Crippen molar-refractivity contribution in [3.8, 4) is 51.7 Å². The zero-order valence-corrected chi connectivity index (χ0v) is 83.6. The van der Waals surface area contributed by atoms with E-state index in [0.29, 0.717) is 120 Å². The van der Waals surface area contributed by atoms with Gasteiger partial charge >= 0.3 is 51.5 Å². The standard InChI is InChI=1S/C20H20N6O5S.C20H26N4O6S.C19H24FN5O5S.C17H19ClN6O4S.C16H19N3O5S/c21-32(28,29)30-9-12-5-13(6-16(12)27)31-20-17-19(23-10-24-20)26-18(25-17)15-8-22-7-11-3-1-2-4-14(11)15;1-28-17-7-12-4-2-3-5-15(12)20(17)24-18-9-19(23-11-22-18)30-14-6-13(16(25)8-14)10-29-31(21,26)27;20-13-8-22-19(24-14-6-5-10-3-1-2-4-12(10)14)25-18(13)23-15-7-11(16(26)17(15)27)9-30-31(21,28)29;18-11-3-1-9(2-4-11)15-23-14-16(20-8-21-17(14)24-15)22-12-5-10(13(25)6-12)7-28-29(19,26)27;17-25(21,22)23-9-12-6-13(7-15(12)20)24-16-8-14(18-10-19-16)11-4-2-1-3-5-11/h1-4,7-8,10,12-13,16,27H,5-6,9H2,(H2,21,28,29)(H,23,24,25,26);2-5,9,11,13-14,16-17,20,25H,6-8,10H2,1H3,(H2,21,26,27)(H,22,23,24);1-4,8,11,14-17,26-27H,5-7,9H2,(H2,21,28,29)(H2,22,23,24,25);1-4,8,10,12-13,25H,5-7H2,(H2,19,26,27)(H2,20,21,22,23,24);1-5,8,10,12-13,15,20H,6-7,9H2,(H2,17,21,22)/t12-,13+,16-;13-,14+,16-,17-,20+;11-,14+,15-,16-,17+;10-,12+,13-;12-,13+,15-/m00100/s1. The molecule has 13 aromatic rings. The van der Waals surface area contributed by atoms with Crippen molar-refractivity contribution in [3.05, 3.63) is 217 Å². The van der Waals surface area contributed by atoms with Gasteiger partial charge in [-0.05, 0) is 103 Å². The summed E-state index contributed by atoms with van der Waals surface area (Å²) in [5.41, 5.74) is 10.3. The number of aryl methyl sites for hydroxylation is 1. The molecule has 0 aliphatic heterocycles. The second-order valence-corrected chi connectivity index (χ2v) is 42.8. The van der Waals surface area contributed by atoms with Crippen molar-refractivity contribution >= 4 is 120 Å². The first-order chi connectivity index (χ1) is 70.6. The Morgan fingerprint density at radius 1 is 0.453 bits per heavy atom. The lowest BCUT2D eigenvalue weighted by Crippen LogP contribution is -2.36. The van der Waals surface area contributed by atoms with Gasteiger partial charge in [-0.15, -0.1) is 0 Å². The maximum atomic E-state index is 14.3. The van der Waals surface area contributed by atoms with Gasteiger partial charge in [-0.1, -0.05) is 115 Å². The molecule has 7 aliphatic carbocycles. The average Bonchev–Trinajstić information content (AvgIpc) is 1.59. The fourth-order valence-electron chi connectivity index (χ4n) is 18.8. The number of imidazole rings is 2. The number of anilines is 4. The van der Waals surface area contributed by atoms with Crippen LogP contribution in [0.2, 0.25) is 5.02 Å². The number of nitrogens with zero attached hydrogens (tertiary/aromatic N) is 13. The number of halogens is 2. The minimum absolute atomic E-state index is 0.00754. The Balaban J connectivity index is 0.000000132. The highest BCUT2D eigenvalue weighted by molar-refractivity contribution is 7.85. The van der Waals surface area contributed by atoms with Crippen LogP contribution in [-0.2, 0) is 90.0 Å². The van der Waals surface area contributed by atoms with Crippen molar-refractivity contribution in [2.45, 2.75) is 162 Å². The van der Waals surface area contributed by atoms with E-state index < -0.39 is 118 Å². The maximum absolute atomic E-state index is 14.3. The summed E-state index contributed by atoms with van der Waals surface area (Å²) in [4.78, 5) is 61.7. The molecule has 5 fully saturated rings. The lowest BCUT2D eigenvalue weighted by atomic mass is 10.1. The highest BCUT2D eigenvalue weighted by atomic mass is 35.5. The molecule has 0 radical (unpaired) electrons. The SMILES string of the molecule is CO[C@H]1Cc2ccccc2[C@H]1Nc1cc(O[C@@H]2C[C@@H](COS(N)(=O)=O)[C@@H](O)C2)ncn1.NS(=O)(=O)OC[C@@H]1C[C@@H](Nc2ncnc3nc(-c4ccc(Cl)cc4)[nH]c23)C[C@@H]1O.NS(=O)(=O)OC[C@@H]1C[C@@H](Oc2cc(-c3ccccc3)ncn2)C[C@@H]1O.NS(=O)(=O)OC[C@@H]1C[C@@H](Oc2ncnc3nc(-c4cncc5ccccc45)[nH]c23)C[C@@H]1O.NS(=O)(=O)OC[C@H]1C[C@@H](Nc2nc(N[C@H]3CCc4ccccc43)ncc2F)[C@H](O)[C@@H]1O. The van der Waals surface area contributed by atoms with Crippen LogP contribution in [0, 0.1) is 35.4 Å². The quantitative estimate of drug-likeness (QED) is 0.0256. The zero-order chi connectivity index (χ0) is 105. The average molecular weight is 2160 g/mol. The normalized spacial score (nSPS) is 24.6. The van der Waals surface area contributed by atoms with Gasteiger partial charge in [0.15, 0.2) is 28.7 Å². The van der Waals surface area contributed by atoms with Gasteiger partial charge in [0, 0.05) is 120 Å². The second-order valence-electron chi connectivity index (χ2n) is 36.2. The molecule has 56 heteroatoms. The first-order valence-electron chi connectivity index (χ1n) is 46.5. The van der Waals surface area contributed by atoms with Gasteiger partial charge in [0.1, 0.15) is 78.2 Å². The monoisotopic (exact) mass is 2160 g/mol. The van der Waals surface area contributed by atoms with Crippen LogP contribution < -0.4 is 61.2 Å². The molecule has 5 aromatic carbocycles. The van der Waals surface area contributed by atoms with Crippen molar-refractivity contribution in [2.24, 2.45) is 55.3 Å². The molecule has 0 spiro atoms. The third kappa shape index (κ3) is 29.5. The molecule has 20 rings (SSSR count). The van der Waals surface area contributed by atoms with E-state index in [4.69, 9.17) is 56.2 Å². The molecule has 8 heterocycles. The van der Waals surface area contributed by atoms with Gasteiger partial charge in [-0.25, -0.2) is 79.9 Å². The molecule has 22 N–H and O–H groups in total. The van der Waals surface area contributed by atoms with E-state index in [1.807, 2.05) is 97.1 Å². The highest BCUT2D eigenvalue weighted by Gasteiger charge is 2.45. The van der Waals surface area contributed by atoms with E-state index in [2.05, 4.69) is 135 Å². The van der Waals surface area contributed by atoms with E-state index >= 15 is 0 Å². The van der Waals surface area contributed by atoms with Crippen LogP contribution in [0.5, 0.6) is 17.6 Å². The number of rotatable bonds is 33. The van der Waals surface area contributed by atoms with Gasteiger partial charge in [0.2, 0.25) is 23.6 Å². The van der Waals surface area contributed by atoms with E-state index in [9.17, 15) is 77.1 Å². The Kier molecular flexibility index (Phi) is 35.0. The Labute approximate surface area is 853 Å². The third-order valence-corrected chi connectivity index (χ3v) is 28.5. The minimum atomic E-state index is -4.18. The lowest BCUT2D eigenvalue weighted by Gasteiger charge is -2.21. The molecular formula is C92H108ClFN24O25S5. The van der Waals surface area contributed by atoms with Crippen molar-refractivity contribution in [3.63, 3.8) is 0 Å². The molecular weight excluding hydrogens is 2060 g/mol. The molecule has 148 heavy (non-hydrogen) atoms. The molecule has 19 atom stereocenters. The van der Waals surface area contributed by atoms with E-state index in [0.717, 1.165) is 64.2 Å². The molecule has 0 bridgehead atoms. The maximum Gasteiger partial charge on any atom is 0.333 e. The number of methoxy groups -OCH3 is 1. The van der Waals surface area contributed by atoms with Crippen LogP contribution >= 0.6 is 11.6 Å². The number of fused-ring (bicyclic) bond motifs is 5. The summed E-state index contributed by atoms with van der Waals surface area (Å²) in [5, 5.41) is 101. The summed E-state index contributed by atoms with van der Waals surface area (Å²) >= 11 is 5.94. The fourth-order valence-corrected chi connectivity index (χ4v) is 20.7. The number of nitrogens with two attached hydrogens (primary N) is 5. The summed E-state index contributed by atoms with van der Waals surface area (Å²) in [5.74, 6) is 0.575. The van der Waals surface area contributed by atoms with Crippen molar-refractivity contribution < 1.29 is 117 Å². The van der Waals surface area contributed by atoms with Gasteiger partial charge in [0.25, 0.3) is 0 Å². The lowest BCUT2D eigenvalue weighted by molar-refractivity contribution is 0.00776. The van der Waals surface area contributed by atoms with Crippen molar-refractivity contribution in [2.75, 3.05) is 61.4 Å². The Morgan fingerprint density at radius 3 is 1.61 bits per heavy atom. The fraction of sp³-hybridized carbons (Fsp3) is 0.402. The van der Waals surface area contributed by atoms with Gasteiger partial charge in [-0.3, -0.25) is 25.9 Å². The summed E-state index contributed by atoms with van der Waals surface area (Å²) in [6.07, 6.45) is 9.54. The summed E-state index contributed by atoms with van der Waals surface area (Å²) in [7, 11) is -18.7. The number of nitrogens with one attached hydrogen (secondary N) is 6. The molecule has 8 aromatic heterocycles. The number of benzene rings is 5. The number of H-pyrrole nitrogens is 2. The number of aromatic nitrogens is 15. The van der Waals surface area contributed by atoms with Crippen LogP contribution in [0.3, 0.4) is 0 Å². The van der Waals surface area contributed by atoms with Crippen LogP contribution in [-0.4, -0.2) is 261 Å². The number of pyridine rings is 1. The zero-order valence-electron chi connectivity index (χ0n) is 78.7. The smallest absolute Gasteiger partial charge is 0.333 e. The number of hydrogen-bond acceptors (Lipinski definition) is 42. The van der Waals surface area contributed by atoms with Crippen LogP contribution in [0.4, 0.5) is 27.8 Å². The van der Waals surface area contributed by atoms with Crippen LogP contribution in [0.1, 0.15) is 98.5 Å². The summed E-state index contributed by atoms with van der Waals surface area (Å²) < 4.78 is 170. The third-order valence-electron chi connectivity index (χ3n) is 26.0. The number of aliphatic hydroxyl groups excluding tert-OH is 6. The number of aromatic amines is 2. The molecule has 0 amide bonds. The summed E-state index contributed by atoms with van der Waals surface area (Å²) in [6.45, 7) is -1.12. The number of ether oxygens (including phenoxy) is 4. The van der Waals surface area contributed by atoms with Crippen LogP contribution in [0.25, 0.3) is 67.1 Å². The van der Waals surface area contributed by atoms with Crippen molar-refractivity contribution in [1.29, 1.82) is 0 Å². The van der Waals surface area contributed by atoms with Crippen LogP contribution in [0.15, 0.2) is 183 Å². The van der Waals surface area contributed by atoms with Gasteiger partial charge in [-0.2, -0.15) is 52.1 Å². The predicted molar refractivity (Wildman–Crippen MR) is 533 cm³/mol. The molecule has 5 saturated carbocycles. The number of aliphatic hydroxyl groups is 6. The van der Waals surface area contributed by atoms with E-state index in [1.54, 1.807) is 43.8 Å². The van der Waals surface area contributed by atoms with E-state index in [1.165, 1.54) is 42.0 Å². The molecule has 49 nitrogen and oxygen atoms in total. The first kappa shape index (κ1) is 108. The number of hydrogen-bond donors (Lipinski definition) is 17. The molecule has 0 unspecified atom stereocenters. The van der Waals surface area contributed by atoms with Crippen molar-refractivity contribution in [1.82, 2.24) is 74.8 Å². The first-order valence-corrected chi connectivity index (χ1v) is 54.2.